The van der Waals surface area contributed by atoms with Crippen LogP contribution < -0.4 is 0 Å². The van der Waals surface area contributed by atoms with Crippen molar-refractivity contribution in [1.82, 2.24) is 4.90 Å². The number of furan rings is 1. The number of likely N-dealkylation sites (N-methyl/N-ethyl adjacent to an activating group) is 1. The first-order valence-electron chi connectivity index (χ1n) is 8.41. The van der Waals surface area contributed by atoms with E-state index in [2.05, 4.69) is 0 Å². The van der Waals surface area contributed by atoms with Crippen LogP contribution in [-0.2, 0) is 17.8 Å². The van der Waals surface area contributed by atoms with Gasteiger partial charge in [-0.25, -0.2) is 0 Å². The zero-order chi connectivity index (χ0) is 19.7. The summed E-state index contributed by atoms with van der Waals surface area (Å²) in [5.41, 5.74) is 4.28. The van der Waals surface area contributed by atoms with Gasteiger partial charge in [0.05, 0.1) is 17.6 Å². The normalized spacial score (nSPS) is 11.0. The summed E-state index contributed by atoms with van der Waals surface area (Å²) < 4.78 is 5.65. The molecule has 1 aromatic heterocycles. The third-order valence-electron chi connectivity index (χ3n) is 4.76. The van der Waals surface area contributed by atoms with Gasteiger partial charge in [-0.1, -0.05) is 23.7 Å². The molecule has 3 rings (SSSR count). The number of hydrogen-bond acceptors (Lipinski definition) is 4. The average molecular weight is 387 g/mol. The summed E-state index contributed by atoms with van der Waals surface area (Å²) in [6.07, 6.45) is 1.79. The van der Waals surface area contributed by atoms with Crippen LogP contribution in [-0.4, -0.2) is 22.8 Å². The van der Waals surface area contributed by atoms with Gasteiger partial charge in [0.25, 0.3) is 5.69 Å². The number of halogens is 1. The Bertz CT molecular complexity index is 1040. The Balaban J connectivity index is 1.78. The number of non-ortho nitro benzene ring substituents is 1. The highest BCUT2D eigenvalue weighted by Crippen LogP contribution is 2.27. The minimum absolute atomic E-state index is 0.0538. The first-order valence-corrected chi connectivity index (χ1v) is 8.78. The predicted molar refractivity (Wildman–Crippen MR) is 104 cm³/mol. The fraction of sp³-hybridized carbons (Fsp3) is 0.250. The van der Waals surface area contributed by atoms with Crippen LogP contribution in [0.3, 0.4) is 0 Å². The SMILES string of the molecule is Cc1ccc2c(CC(=O)N(C)Cc3cc([N+](=O)[O-])ccc3Cl)coc2c1C. The predicted octanol–water partition coefficient (Wildman–Crippen LogP) is 4.81. The summed E-state index contributed by atoms with van der Waals surface area (Å²) in [6.45, 7) is 4.19. The minimum atomic E-state index is -0.483. The lowest BCUT2D eigenvalue weighted by Gasteiger charge is -2.17. The van der Waals surface area contributed by atoms with E-state index in [1.165, 1.54) is 23.1 Å². The Morgan fingerprint density at radius 1 is 1.22 bits per heavy atom. The van der Waals surface area contributed by atoms with E-state index in [0.29, 0.717) is 10.6 Å². The molecule has 0 N–H and O–H groups in total. The second-order valence-corrected chi connectivity index (χ2v) is 7.01. The molecule has 0 unspecified atom stereocenters. The highest BCUT2D eigenvalue weighted by atomic mass is 35.5. The Morgan fingerprint density at radius 2 is 1.96 bits per heavy atom. The van der Waals surface area contributed by atoms with E-state index in [1.807, 2.05) is 26.0 Å². The van der Waals surface area contributed by atoms with Crippen molar-refractivity contribution in [1.29, 1.82) is 0 Å². The molecule has 1 amide bonds. The Labute approximate surface area is 161 Å². The molecule has 27 heavy (non-hydrogen) atoms. The molecule has 1 heterocycles. The maximum atomic E-state index is 12.6. The maximum Gasteiger partial charge on any atom is 0.269 e. The lowest BCUT2D eigenvalue weighted by molar-refractivity contribution is -0.384. The van der Waals surface area contributed by atoms with Crippen molar-refractivity contribution >= 4 is 34.2 Å². The first-order chi connectivity index (χ1) is 12.8. The topological polar surface area (TPSA) is 76.6 Å². The molecule has 0 fully saturated rings. The number of aryl methyl sites for hydroxylation is 2. The molecule has 2 aromatic carbocycles. The fourth-order valence-electron chi connectivity index (χ4n) is 2.96. The Hall–Kier alpha value is -2.86. The van der Waals surface area contributed by atoms with Gasteiger partial charge in [-0.2, -0.15) is 0 Å². The lowest BCUT2D eigenvalue weighted by atomic mass is 10.0. The molecule has 0 bridgehead atoms. The summed E-state index contributed by atoms with van der Waals surface area (Å²) in [7, 11) is 1.65. The highest BCUT2D eigenvalue weighted by molar-refractivity contribution is 6.31. The molecule has 140 valence electrons. The number of fused-ring (bicyclic) bond motifs is 1. The Kier molecular flexibility index (Phi) is 5.19. The molecular weight excluding hydrogens is 368 g/mol. The zero-order valence-electron chi connectivity index (χ0n) is 15.3. The van der Waals surface area contributed by atoms with Gasteiger partial charge in [-0.15, -0.1) is 0 Å². The number of hydrogen-bond donors (Lipinski definition) is 0. The molecule has 0 radical (unpaired) electrons. The quantitative estimate of drug-likeness (QED) is 0.465. The number of rotatable bonds is 5. The van der Waals surface area contributed by atoms with Crippen molar-refractivity contribution in [2.45, 2.75) is 26.8 Å². The fourth-order valence-corrected chi connectivity index (χ4v) is 3.14. The highest BCUT2D eigenvalue weighted by Gasteiger charge is 2.18. The standard InChI is InChI=1S/C20H19ClN2O4/c1-12-4-6-17-15(11-27-20(17)13(12)2)9-19(24)22(3)10-14-8-16(23(25)26)5-7-18(14)21/h4-8,11H,9-10H2,1-3H3. The summed E-state index contributed by atoms with van der Waals surface area (Å²) in [6, 6.07) is 8.18. The van der Waals surface area contributed by atoms with Gasteiger partial charge in [-0.05, 0) is 36.6 Å². The molecule has 0 atom stereocenters. The molecule has 0 saturated heterocycles. The second-order valence-electron chi connectivity index (χ2n) is 6.60. The minimum Gasteiger partial charge on any atom is -0.464 e. The molecule has 0 spiro atoms. The summed E-state index contributed by atoms with van der Waals surface area (Å²) in [5.74, 6) is -0.126. The molecule has 0 aliphatic carbocycles. The van der Waals surface area contributed by atoms with Gasteiger partial charge < -0.3 is 9.32 Å². The van der Waals surface area contributed by atoms with Crippen LogP contribution in [0.2, 0.25) is 5.02 Å². The van der Waals surface area contributed by atoms with Crippen molar-refractivity contribution in [2.75, 3.05) is 7.05 Å². The van der Waals surface area contributed by atoms with Crippen LogP contribution in [0.25, 0.3) is 11.0 Å². The third kappa shape index (κ3) is 3.80. The van der Waals surface area contributed by atoms with E-state index in [0.717, 1.165) is 27.7 Å². The molecule has 3 aromatic rings. The molecule has 7 heteroatoms. The molecule has 6 nitrogen and oxygen atoms in total. The molecular formula is C20H19ClN2O4. The smallest absolute Gasteiger partial charge is 0.269 e. The van der Waals surface area contributed by atoms with Crippen LogP contribution in [0.15, 0.2) is 41.0 Å². The van der Waals surface area contributed by atoms with E-state index in [-0.39, 0.29) is 24.6 Å². The van der Waals surface area contributed by atoms with E-state index in [9.17, 15) is 14.9 Å². The molecule has 0 aliphatic heterocycles. The Morgan fingerprint density at radius 3 is 2.67 bits per heavy atom. The zero-order valence-corrected chi connectivity index (χ0v) is 16.0. The van der Waals surface area contributed by atoms with Crippen molar-refractivity contribution in [3.63, 3.8) is 0 Å². The summed E-state index contributed by atoms with van der Waals surface area (Å²) in [5, 5.41) is 12.3. The van der Waals surface area contributed by atoms with Gasteiger partial charge in [-0.3, -0.25) is 14.9 Å². The van der Waals surface area contributed by atoms with Crippen LogP contribution in [0, 0.1) is 24.0 Å². The van der Waals surface area contributed by atoms with Crippen LogP contribution in [0.4, 0.5) is 5.69 Å². The van der Waals surface area contributed by atoms with Gasteiger partial charge >= 0.3 is 0 Å². The number of carbonyl (C=O) groups excluding carboxylic acids is 1. The summed E-state index contributed by atoms with van der Waals surface area (Å²) in [4.78, 5) is 24.6. The number of nitrogens with zero attached hydrogens (tertiary/aromatic N) is 2. The van der Waals surface area contributed by atoms with Crippen molar-refractivity contribution < 1.29 is 14.1 Å². The van der Waals surface area contributed by atoms with E-state index < -0.39 is 4.92 Å². The molecule has 0 saturated carbocycles. The van der Waals surface area contributed by atoms with E-state index in [4.69, 9.17) is 16.0 Å². The van der Waals surface area contributed by atoms with E-state index in [1.54, 1.807) is 13.3 Å². The monoisotopic (exact) mass is 386 g/mol. The summed E-state index contributed by atoms with van der Waals surface area (Å²) >= 11 is 6.13. The van der Waals surface area contributed by atoms with Crippen LogP contribution in [0.5, 0.6) is 0 Å². The van der Waals surface area contributed by atoms with Gasteiger partial charge in [0.15, 0.2) is 0 Å². The second kappa shape index (κ2) is 7.40. The first kappa shape index (κ1) is 18.9. The van der Waals surface area contributed by atoms with Gasteiger partial charge in [0.1, 0.15) is 5.58 Å². The van der Waals surface area contributed by atoms with Gasteiger partial charge in [0.2, 0.25) is 5.91 Å². The van der Waals surface area contributed by atoms with Crippen LogP contribution >= 0.6 is 11.6 Å². The number of nitro benzene ring substituents is 1. The average Bonchev–Trinajstić information content (AvgIpc) is 3.03. The van der Waals surface area contributed by atoms with Crippen molar-refractivity contribution in [2.24, 2.45) is 0 Å². The van der Waals surface area contributed by atoms with Crippen LogP contribution in [0.1, 0.15) is 22.3 Å². The van der Waals surface area contributed by atoms with Crippen molar-refractivity contribution in [3.05, 3.63) is 74.0 Å². The third-order valence-corrected chi connectivity index (χ3v) is 5.13. The van der Waals surface area contributed by atoms with Gasteiger partial charge in [0, 0.05) is 41.7 Å². The number of carbonyl (C=O) groups is 1. The van der Waals surface area contributed by atoms with E-state index >= 15 is 0 Å². The lowest BCUT2D eigenvalue weighted by Crippen LogP contribution is -2.27. The number of amides is 1. The number of benzene rings is 2. The number of nitro groups is 1. The maximum absolute atomic E-state index is 12.6. The molecule has 0 aliphatic rings. The largest absolute Gasteiger partial charge is 0.464 e. The van der Waals surface area contributed by atoms with Crippen molar-refractivity contribution in [3.8, 4) is 0 Å².